The number of para-hydroxylation sites is 3. The van der Waals surface area contributed by atoms with Crippen molar-refractivity contribution in [3.05, 3.63) is 139 Å². The van der Waals surface area contributed by atoms with Gasteiger partial charge in [-0.2, -0.15) is 6.07 Å². The summed E-state index contributed by atoms with van der Waals surface area (Å²) in [5.74, 6) is 1.68. The Balaban J connectivity index is 0.00000465. The van der Waals surface area contributed by atoms with Gasteiger partial charge in [-0.1, -0.05) is 99.4 Å². The average Bonchev–Trinajstić information content (AvgIpc) is 3.68. The molecule has 1 aliphatic heterocycles. The van der Waals surface area contributed by atoms with Gasteiger partial charge in [0, 0.05) is 53.6 Å². The van der Waals surface area contributed by atoms with Crippen molar-refractivity contribution < 1.29 is 32.7 Å². The third kappa shape index (κ3) is 6.00. The van der Waals surface area contributed by atoms with Crippen LogP contribution >= 0.6 is 0 Å². The topological polar surface area (TPSA) is 46.0 Å². The summed E-state index contributed by atoms with van der Waals surface area (Å²) in [5.41, 5.74) is 6.20. The van der Waals surface area contributed by atoms with E-state index in [1.165, 1.54) is 4.58 Å². The Morgan fingerprint density at radius 1 is 0.740 bits per heavy atom. The molecule has 1 aliphatic rings. The predicted molar refractivity (Wildman–Crippen MR) is 199 cm³/mol. The van der Waals surface area contributed by atoms with Gasteiger partial charge < -0.3 is 9.30 Å². The Morgan fingerprint density at radius 3 is 2.22 bits per heavy atom. The summed E-state index contributed by atoms with van der Waals surface area (Å²) in [6, 6.07) is 31.7. The normalized spacial score (nSPS) is 14.2. The number of rotatable bonds is 5. The van der Waals surface area contributed by atoms with Crippen molar-refractivity contribution in [3.8, 4) is 17.3 Å². The fourth-order valence-corrected chi connectivity index (χ4v) is 6.06. The molecule has 6 nitrogen and oxygen atoms in total. The minimum absolute atomic E-state index is 0. The van der Waals surface area contributed by atoms with Crippen LogP contribution in [0.5, 0.6) is 11.5 Å². The van der Waals surface area contributed by atoms with Gasteiger partial charge in [0.05, 0.1) is 12.4 Å². The number of aromatic nitrogens is 3. The third-order valence-electron chi connectivity index (χ3n) is 8.68. The molecule has 8 rings (SSSR count). The molecule has 0 aliphatic carbocycles. The summed E-state index contributed by atoms with van der Waals surface area (Å²) in [5, 5.41) is 0.916. The maximum absolute atomic E-state index is 8.67. The van der Waals surface area contributed by atoms with Crippen molar-refractivity contribution in [1.82, 2.24) is 23.7 Å². The van der Waals surface area contributed by atoms with E-state index in [0.717, 1.165) is 38.9 Å². The van der Waals surface area contributed by atoms with E-state index in [1.54, 1.807) is 10.8 Å². The van der Waals surface area contributed by atoms with E-state index in [1.807, 2.05) is 72.9 Å². The van der Waals surface area contributed by atoms with Crippen LogP contribution < -0.4 is 13.9 Å². The van der Waals surface area contributed by atoms with Crippen LogP contribution in [0.2, 0.25) is 0 Å². The first kappa shape index (κ1) is 27.6. The summed E-state index contributed by atoms with van der Waals surface area (Å²) in [6.45, 7) is 12.9. The second kappa shape index (κ2) is 12.6. The molecule has 0 saturated heterocycles. The molecule has 0 unspecified atom stereocenters. The predicted octanol–water partition coefficient (Wildman–Crippen LogP) is 10.4. The van der Waals surface area contributed by atoms with Gasteiger partial charge in [-0.3, -0.25) is 4.98 Å². The molecule has 7 aromatic rings. The van der Waals surface area contributed by atoms with Crippen LogP contribution in [0.15, 0.2) is 115 Å². The molecule has 0 saturated carbocycles. The minimum Gasteiger partial charge on any atom is -0.509 e. The second-order valence-corrected chi connectivity index (χ2v) is 14.1. The molecule has 4 aromatic carbocycles. The van der Waals surface area contributed by atoms with Gasteiger partial charge in [0.15, 0.2) is 0 Å². The number of ether oxygens (including phenoxy) is 1. The van der Waals surface area contributed by atoms with E-state index < -0.39 is 18.1 Å². The van der Waals surface area contributed by atoms with Gasteiger partial charge in [-0.25, -0.2) is 4.98 Å². The number of nitrogens with zero attached hydrogens (tertiary/aromatic N) is 5. The van der Waals surface area contributed by atoms with Crippen molar-refractivity contribution in [3.63, 3.8) is 0 Å². The Hall–Kier alpha value is -5.15. The largest absolute Gasteiger partial charge is 2.00 e. The van der Waals surface area contributed by atoms with E-state index in [0.29, 0.717) is 28.6 Å². The summed E-state index contributed by atoms with van der Waals surface area (Å²) < 4.78 is 54.0. The zero-order valence-corrected chi connectivity index (χ0v) is 30.8. The first-order valence-electron chi connectivity index (χ1n) is 18.7. The fourth-order valence-electron chi connectivity index (χ4n) is 6.06. The van der Waals surface area contributed by atoms with Crippen LogP contribution in [0.4, 0.5) is 22.7 Å². The first-order chi connectivity index (χ1) is 25.6. The number of hydrogen-bond acceptors (Lipinski definition) is 3. The Labute approximate surface area is 314 Å². The number of pyridine rings is 2. The first-order valence-corrected chi connectivity index (χ1v) is 16.2. The van der Waals surface area contributed by atoms with Gasteiger partial charge >= 0.3 is 27.1 Å². The maximum atomic E-state index is 8.67. The van der Waals surface area contributed by atoms with Gasteiger partial charge in [0.1, 0.15) is 11.5 Å². The molecule has 0 radical (unpaired) electrons. The van der Waals surface area contributed by atoms with Gasteiger partial charge in [-0.15, -0.1) is 23.8 Å². The molecule has 0 fully saturated rings. The molecule has 0 spiro atoms. The molecule has 0 atom stereocenters. The summed E-state index contributed by atoms with van der Waals surface area (Å²) in [4.78, 5) is 9.49. The molecule has 0 bridgehead atoms. The SMILES string of the molecule is [2H]c1c([2H])c([2H])c([N+]2=C=[N+](c3[c-]c(Oc4[c-]c5c(cc4)c4ncccc4n5-c4cc(C(C)(C)C)ccn4)cc(C(C)(C)C)c3)c3ccccc32)c([2H])c1[2H].[Pt+2]. The van der Waals surface area contributed by atoms with E-state index >= 15 is 0 Å². The molecule has 248 valence electrons. The molecular formula is C43H37N5OPt+2. The quantitative estimate of drug-likeness (QED) is 0.128. The standard InChI is InChI=1S/C43H37N5O.Pt/c1-42(2,3)29-20-22-44-40(25-29)48-38-17-12-21-45-41(38)35-19-18-33(27-39(35)48)49-34-24-30(43(4,5)6)23-32(26-34)47-28-46(31-13-8-7-9-14-31)36-15-10-11-16-37(36)47;/h7-25H,1-6H3;/q;+2/i7D,8D,9D,13D,14D;. The number of benzene rings is 4. The monoisotopic (exact) mass is 839 g/mol. The Morgan fingerprint density at radius 2 is 1.48 bits per heavy atom. The molecule has 0 N–H and O–H groups in total. The molecule has 7 heteroatoms. The van der Waals surface area contributed by atoms with Crippen LogP contribution in [0.1, 0.15) is 59.5 Å². The zero-order valence-electron chi connectivity index (χ0n) is 33.5. The zero-order chi connectivity index (χ0) is 38.3. The number of fused-ring (bicyclic) bond motifs is 4. The smallest absolute Gasteiger partial charge is 0.509 e. The molecule has 0 amide bonds. The van der Waals surface area contributed by atoms with E-state index in [2.05, 4.69) is 70.3 Å². The molecule has 4 heterocycles. The van der Waals surface area contributed by atoms with Crippen molar-refractivity contribution in [1.29, 1.82) is 0 Å². The van der Waals surface area contributed by atoms with Crippen molar-refractivity contribution >= 4 is 50.7 Å². The van der Waals surface area contributed by atoms with Gasteiger partial charge in [0.25, 0.3) is 11.4 Å². The van der Waals surface area contributed by atoms with Gasteiger partial charge in [0.2, 0.25) is 5.69 Å². The number of hydrogen-bond donors (Lipinski definition) is 0. The molecule has 50 heavy (non-hydrogen) atoms. The summed E-state index contributed by atoms with van der Waals surface area (Å²) in [6.07, 6.45) is 3.62. The average molecular weight is 840 g/mol. The maximum Gasteiger partial charge on any atom is 2.00 e. The van der Waals surface area contributed by atoms with E-state index in [9.17, 15) is 0 Å². The van der Waals surface area contributed by atoms with Crippen LogP contribution in [-0.2, 0) is 31.9 Å². The Kier molecular flexibility index (Phi) is 6.98. The van der Waals surface area contributed by atoms with Crippen LogP contribution in [0, 0.1) is 12.1 Å². The Bertz CT molecular complexity index is 2750. The van der Waals surface area contributed by atoms with Crippen molar-refractivity contribution in [2.75, 3.05) is 0 Å². The van der Waals surface area contributed by atoms with Crippen molar-refractivity contribution in [2.24, 2.45) is 0 Å². The molecular weight excluding hydrogens is 798 g/mol. The van der Waals surface area contributed by atoms with Gasteiger partial charge in [-0.05, 0) is 45.2 Å². The van der Waals surface area contributed by atoms with Crippen LogP contribution in [-0.4, -0.2) is 20.5 Å². The molecule has 3 aromatic heterocycles. The fraction of sp³-hybridized carbons (Fsp3) is 0.186. The van der Waals surface area contributed by atoms with Crippen LogP contribution in [0.25, 0.3) is 27.8 Å². The van der Waals surface area contributed by atoms with Crippen LogP contribution in [0.3, 0.4) is 0 Å². The third-order valence-corrected chi connectivity index (χ3v) is 8.68. The van der Waals surface area contributed by atoms with E-state index in [4.69, 9.17) is 21.6 Å². The second-order valence-electron chi connectivity index (χ2n) is 14.1. The minimum atomic E-state index is -0.451. The van der Waals surface area contributed by atoms with E-state index in [-0.39, 0.29) is 49.7 Å². The van der Waals surface area contributed by atoms with Crippen molar-refractivity contribution in [2.45, 2.75) is 52.4 Å². The summed E-state index contributed by atoms with van der Waals surface area (Å²) >= 11 is 0. The summed E-state index contributed by atoms with van der Waals surface area (Å²) in [7, 11) is 0.